The molecule has 1 aliphatic heterocycles. The van der Waals surface area contributed by atoms with Crippen LogP contribution in [0, 0.1) is 5.82 Å². The number of piperidine rings is 1. The Kier molecular flexibility index (Phi) is 5.77. The van der Waals surface area contributed by atoms with Gasteiger partial charge in [0.25, 0.3) is 0 Å². The molecule has 1 amide bonds. The molecule has 5 rings (SSSR count). The number of aromatic nitrogens is 3. The van der Waals surface area contributed by atoms with Crippen molar-refractivity contribution in [2.75, 3.05) is 20.2 Å². The summed E-state index contributed by atoms with van der Waals surface area (Å²) >= 11 is 0. The van der Waals surface area contributed by atoms with Crippen molar-refractivity contribution in [1.29, 1.82) is 0 Å². The second-order valence-electron chi connectivity index (χ2n) is 8.35. The molecule has 2 aromatic carbocycles. The maximum atomic E-state index is 13.8. The van der Waals surface area contributed by atoms with Gasteiger partial charge in [0.05, 0.1) is 13.5 Å². The number of halogens is 1. The van der Waals surface area contributed by atoms with E-state index in [2.05, 4.69) is 0 Å². The van der Waals surface area contributed by atoms with Gasteiger partial charge in [-0.25, -0.2) is 13.9 Å². The van der Waals surface area contributed by atoms with E-state index in [1.165, 1.54) is 12.1 Å². The summed E-state index contributed by atoms with van der Waals surface area (Å²) in [6, 6.07) is 18.1. The van der Waals surface area contributed by atoms with Gasteiger partial charge in [-0.15, -0.1) is 0 Å². The van der Waals surface area contributed by atoms with Crippen LogP contribution in [0.2, 0.25) is 0 Å². The highest BCUT2D eigenvalue weighted by Crippen LogP contribution is 2.31. The topological polar surface area (TPSA) is 59.7 Å². The third kappa shape index (κ3) is 4.44. The first-order chi connectivity index (χ1) is 16.1. The lowest BCUT2D eigenvalue weighted by molar-refractivity contribution is -0.131. The summed E-state index contributed by atoms with van der Waals surface area (Å²) in [4.78, 5) is 19.3. The van der Waals surface area contributed by atoms with Gasteiger partial charge in [-0.2, -0.15) is 5.10 Å². The summed E-state index contributed by atoms with van der Waals surface area (Å²) in [6.07, 6.45) is 3.95. The highest BCUT2D eigenvalue weighted by atomic mass is 19.1. The quantitative estimate of drug-likeness (QED) is 0.455. The van der Waals surface area contributed by atoms with Crippen molar-refractivity contribution in [3.05, 3.63) is 84.1 Å². The standard InChI is InChI=1S/C26H25FN4O2/c1-33-23-9-8-21(27)16-22(23)20-7-10-24-28-26(29-31(24)17-20)19-11-13-30(14-12-19)25(32)15-18-5-3-2-4-6-18/h2-10,16-17,19H,11-15H2,1H3. The Balaban J connectivity index is 1.29. The molecule has 0 atom stereocenters. The van der Waals surface area contributed by atoms with Crippen LogP contribution in [0.4, 0.5) is 4.39 Å². The normalized spacial score (nSPS) is 14.5. The van der Waals surface area contributed by atoms with E-state index in [9.17, 15) is 9.18 Å². The number of hydrogen-bond acceptors (Lipinski definition) is 4. The molecular weight excluding hydrogens is 419 g/mol. The summed E-state index contributed by atoms with van der Waals surface area (Å²) in [5, 5.41) is 4.71. The predicted molar refractivity (Wildman–Crippen MR) is 124 cm³/mol. The molecule has 0 unspecified atom stereocenters. The van der Waals surface area contributed by atoms with E-state index >= 15 is 0 Å². The maximum Gasteiger partial charge on any atom is 0.226 e. The van der Waals surface area contributed by atoms with E-state index in [-0.39, 0.29) is 17.6 Å². The molecule has 7 heteroatoms. The van der Waals surface area contributed by atoms with Gasteiger partial charge in [0, 0.05) is 36.3 Å². The number of ether oxygens (including phenoxy) is 1. The number of carbonyl (C=O) groups is 1. The van der Waals surface area contributed by atoms with Gasteiger partial charge in [-0.1, -0.05) is 30.3 Å². The highest BCUT2D eigenvalue weighted by molar-refractivity contribution is 5.78. The third-order valence-corrected chi connectivity index (χ3v) is 6.23. The first-order valence-corrected chi connectivity index (χ1v) is 11.1. The van der Waals surface area contributed by atoms with Crippen molar-refractivity contribution >= 4 is 11.6 Å². The fourth-order valence-electron chi connectivity index (χ4n) is 4.41. The smallest absolute Gasteiger partial charge is 0.226 e. The first-order valence-electron chi connectivity index (χ1n) is 11.1. The summed E-state index contributed by atoms with van der Waals surface area (Å²) in [6.45, 7) is 1.41. The molecule has 2 aromatic heterocycles. The number of benzene rings is 2. The average Bonchev–Trinajstić information content (AvgIpc) is 3.28. The number of fused-ring (bicyclic) bond motifs is 1. The van der Waals surface area contributed by atoms with Gasteiger partial charge >= 0.3 is 0 Å². The Morgan fingerprint density at radius 1 is 1.09 bits per heavy atom. The van der Waals surface area contributed by atoms with E-state index < -0.39 is 0 Å². The lowest BCUT2D eigenvalue weighted by atomic mass is 9.95. The minimum Gasteiger partial charge on any atom is -0.496 e. The summed E-state index contributed by atoms with van der Waals surface area (Å²) < 4.78 is 21.0. The molecule has 33 heavy (non-hydrogen) atoms. The number of amides is 1. The third-order valence-electron chi connectivity index (χ3n) is 6.23. The SMILES string of the molecule is COc1ccc(F)cc1-c1ccc2nc(C3CCN(C(=O)Cc4ccccc4)CC3)nn2c1. The number of carbonyl (C=O) groups excluding carboxylic acids is 1. The molecular formula is C26H25FN4O2. The average molecular weight is 445 g/mol. The molecule has 6 nitrogen and oxygen atoms in total. The number of methoxy groups -OCH3 is 1. The zero-order valence-corrected chi connectivity index (χ0v) is 18.4. The molecule has 1 fully saturated rings. The summed E-state index contributed by atoms with van der Waals surface area (Å²) in [5.74, 6) is 1.44. The first kappa shape index (κ1) is 21.1. The van der Waals surface area contributed by atoms with Gasteiger partial charge in [-0.3, -0.25) is 4.79 Å². The van der Waals surface area contributed by atoms with Gasteiger partial charge in [0.1, 0.15) is 11.6 Å². The van der Waals surface area contributed by atoms with Crippen molar-refractivity contribution in [2.45, 2.75) is 25.2 Å². The summed E-state index contributed by atoms with van der Waals surface area (Å²) in [5.41, 5.74) is 3.25. The van der Waals surface area contributed by atoms with Gasteiger partial charge < -0.3 is 9.64 Å². The predicted octanol–water partition coefficient (Wildman–Crippen LogP) is 4.49. The Morgan fingerprint density at radius 2 is 1.88 bits per heavy atom. The number of rotatable bonds is 5. The molecule has 4 aromatic rings. The lowest BCUT2D eigenvalue weighted by Crippen LogP contribution is -2.39. The molecule has 0 aliphatic carbocycles. The molecule has 0 spiro atoms. The minimum absolute atomic E-state index is 0.163. The van der Waals surface area contributed by atoms with Crippen LogP contribution in [0.25, 0.3) is 16.8 Å². The zero-order valence-electron chi connectivity index (χ0n) is 18.4. The highest BCUT2D eigenvalue weighted by Gasteiger charge is 2.26. The zero-order chi connectivity index (χ0) is 22.8. The monoisotopic (exact) mass is 444 g/mol. The number of pyridine rings is 1. The molecule has 1 saturated heterocycles. The summed E-state index contributed by atoms with van der Waals surface area (Å²) in [7, 11) is 1.57. The van der Waals surface area contributed by atoms with Crippen LogP contribution in [0.1, 0.15) is 30.1 Å². The minimum atomic E-state index is -0.321. The van der Waals surface area contributed by atoms with Crippen molar-refractivity contribution in [1.82, 2.24) is 19.5 Å². The van der Waals surface area contributed by atoms with Crippen molar-refractivity contribution in [2.24, 2.45) is 0 Å². The van der Waals surface area contributed by atoms with Crippen molar-refractivity contribution < 1.29 is 13.9 Å². The number of hydrogen-bond donors (Lipinski definition) is 0. The van der Waals surface area contributed by atoms with Crippen molar-refractivity contribution in [3.8, 4) is 16.9 Å². The van der Waals surface area contributed by atoms with Crippen LogP contribution >= 0.6 is 0 Å². The molecule has 3 heterocycles. The Morgan fingerprint density at radius 3 is 2.64 bits per heavy atom. The van der Waals surface area contributed by atoms with E-state index in [0.29, 0.717) is 30.8 Å². The van der Waals surface area contributed by atoms with E-state index in [4.69, 9.17) is 14.8 Å². The Hall–Kier alpha value is -3.74. The van der Waals surface area contributed by atoms with Crippen LogP contribution in [0.5, 0.6) is 5.75 Å². The second kappa shape index (κ2) is 9.02. The fraction of sp³-hybridized carbons (Fsp3) is 0.269. The Labute approximate surface area is 191 Å². The molecule has 0 bridgehead atoms. The van der Waals surface area contributed by atoms with Crippen LogP contribution in [-0.4, -0.2) is 45.6 Å². The molecule has 168 valence electrons. The lowest BCUT2D eigenvalue weighted by Gasteiger charge is -2.30. The van der Waals surface area contributed by atoms with E-state index in [1.54, 1.807) is 17.7 Å². The van der Waals surface area contributed by atoms with Crippen LogP contribution < -0.4 is 4.74 Å². The largest absolute Gasteiger partial charge is 0.496 e. The molecule has 0 saturated carbocycles. The van der Waals surface area contributed by atoms with Gasteiger partial charge in [-0.05, 0) is 48.7 Å². The van der Waals surface area contributed by atoms with Gasteiger partial charge in [0.2, 0.25) is 5.91 Å². The fourth-order valence-corrected chi connectivity index (χ4v) is 4.41. The van der Waals surface area contributed by atoms with Crippen LogP contribution in [-0.2, 0) is 11.2 Å². The van der Waals surface area contributed by atoms with E-state index in [0.717, 1.165) is 35.4 Å². The second-order valence-corrected chi connectivity index (χ2v) is 8.35. The van der Waals surface area contributed by atoms with Crippen molar-refractivity contribution in [3.63, 3.8) is 0 Å². The maximum absolute atomic E-state index is 13.8. The van der Waals surface area contributed by atoms with Crippen LogP contribution in [0.15, 0.2) is 66.9 Å². The molecule has 0 radical (unpaired) electrons. The van der Waals surface area contributed by atoms with E-state index in [1.807, 2.05) is 53.6 Å². The van der Waals surface area contributed by atoms with Gasteiger partial charge in [0.15, 0.2) is 11.5 Å². The number of likely N-dealkylation sites (tertiary alicyclic amines) is 1. The molecule has 0 N–H and O–H groups in total. The Bertz CT molecular complexity index is 1280. The number of nitrogens with zero attached hydrogens (tertiary/aromatic N) is 4. The molecule has 1 aliphatic rings. The van der Waals surface area contributed by atoms with Crippen LogP contribution in [0.3, 0.4) is 0 Å².